The first-order valence-corrected chi connectivity index (χ1v) is 6.35. The summed E-state index contributed by atoms with van der Waals surface area (Å²) in [7, 11) is -3.39. The second-order valence-electron chi connectivity index (χ2n) is 3.90. The van der Waals surface area contributed by atoms with Crippen molar-refractivity contribution in [1.29, 1.82) is 0 Å². The largest absolute Gasteiger partial charge is 0.301 e. The topological polar surface area (TPSA) is 58.6 Å². The van der Waals surface area contributed by atoms with Crippen LogP contribution in [0, 0.1) is 5.92 Å². The van der Waals surface area contributed by atoms with E-state index in [0.717, 1.165) is 12.8 Å². The molecule has 0 unspecified atom stereocenters. The number of nitrogens with one attached hydrogen (secondary N) is 1. The zero-order valence-corrected chi connectivity index (χ0v) is 9.51. The summed E-state index contributed by atoms with van der Waals surface area (Å²) in [6.45, 7) is 5.52. The molecule has 1 rings (SSSR count). The SMILES string of the molecule is CC(C)CONS(=O)(=O)N1CCCC1. The Morgan fingerprint density at radius 1 is 1.36 bits per heavy atom. The molecule has 6 heteroatoms. The molecular formula is C8H18N2O3S. The first-order valence-electron chi connectivity index (χ1n) is 4.91. The van der Waals surface area contributed by atoms with Gasteiger partial charge in [-0.2, -0.15) is 12.7 Å². The average molecular weight is 222 g/mol. The molecule has 0 aromatic carbocycles. The second kappa shape index (κ2) is 5.06. The van der Waals surface area contributed by atoms with Gasteiger partial charge in [0.1, 0.15) is 0 Å². The van der Waals surface area contributed by atoms with Crippen molar-refractivity contribution < 1.29 is 13.3 Å². The molecule has 0 aromatic rings. The Labute approximate surface area is 85.6 Å². The third kappa shape index (κ3) is 3.53. The normalized spacial score (nSPS) is 19.4. The molecule has 0 aliphatic carbocycles. The standard InChI is InChI=1S/C8H18N2O3S/c1-8(2)7-13-9-14(11,12)10-5-3-4-6-10/h8-9H,3-7H2,1-2H3. The molecule has 5 nitrogen and oxygen atoms in total. The smallest absolute Gasteiger partial charge is 0.286 e. The third-order valence-corrected chi connectivity index (χ3v) is 3.36. The van der Waals surface area contributed by atoms with Crippen LogP contribution >= 0.6 is 0 Å². The van der Waals surface area contributed by atoms with E-state index in [4.69, 9.17) is 4.84 Å². The van der Waals surface area contributed by atoms with Gasteiger partial charge in [0.2, 0.25) is 0 Å². The maximum absolute atomic E-state index is 11.5. The molecule has 84 valence electrons. The van der Waals surface area contributed by atoms with Gasteiger partial charge in [-0.25, -0.2) is 0 Å². The molecule has 1 aliphatic rings. The van der Waals surface area contributed by atoms with Gasteiger partial charge in [0, 0.05) is 13.1 Å². The summed E-state index contributed by atoms with van der Waals surface area (Å²) in [5.74, 6) is 0.316. The summed E-state index contributed by atoms with van der Waals surface area (Å²) in [5, 5.41) is 0. The van der Waals surface area contributed by atoms with E-state index in [1.54, 1.807) is 0 Å². The van der Waals surface area contributed by atoms with Crippen LogP contribution in [0.5, 0.6) is 0 Å². The van der Waals surface area contributed by atoms with Crippen LogP contribution < -0.4 is 4.89 Å². The molecule has 1 N–H and O–H groups in total. The van der Waals surface area contributed by atoms with E-state index in [0.29, 0.717) is 25.6 Å². The van der Waals surface area contributed by atoms with E-state index in [2.05, 4.69) is 4.89 Å². The summed E-state index contributed by atoms with van der Waals surface area (Å²) < 4.78 is 24.4. The van der Waals surface area contributed by atoms with E-state index in [1.807, 2.05) is 13.8 Å². The molecule has 0 bridgehead atoms. The third-order valence-electron chi connectivity index (χ3n) is 1.99. The maximum Gasteiger partial charge on any atom is 0.301 e. The molecule has 0 saturated carbocycles. The van der Waals surface area contributed by atoms with Crippen LogP contribution in [0.15, 0.2) is 0 Å². The van der Waals surface area contributed by atoms with Gasteiger partial charge < -0.3 is 0 Å². The highest BCUT2D eigenvalue weighted by atomic mass is 32.2. The van der Waals surface area contributed by atoms with Gasteiger partial charge in [0.15, 0.2) is 0 Å². The lowest BCUT2D eigenvalue weighted by Gasteiger charge is -2.16. The molecule has 14 heavy (non-hydrogen) atoms. The zero-order chi connectivity index (χ0) is 10.6. The number of hydrogen-bond acceptors (Lipinski definition) is 3. The summed E-state index contributed by atoms with van der Waals surface area (Å²) in [5.41, 5.74) is 0. The first kappa shape index (κ1) is 11.9. The van der Waals surface area contributed by atoms with Crippen LogP contribution in [0.2, 0.25) is 0 Å². The fourth-order valence-corrected chi connectivity index (χ4v) is 2.32. The Hall–Kier alpha value is -0.170. The average Bonchev–Trinajstić information content (AvgIpc) is 2.54. The highest BCUT2D eigenvalue weighted by Gasteiger charge is 2.25. The lowest BCUT2D eigenvalue weighted by molar-refractivity contribution is 0.0681. The van der Waals surface area contributed by atoms with Crippen molar-refractivity contribution in [2.24, 2.45) is 5.92 Å². The highest BCUT2D eigenvalue weighted by Crippen LogP contribution is 2.10. The molecule has 1 saturated heterocycles. The van der Waals surface area contributed by atoms with Gasteiger partial charge in [-0.1, -0.05) is 18.7 Å². The van der Waals surface area contributed by atoms with Crippen LogP contribution in [0.1, 0.15) is 26.7 Å². The van der Waals surface area contributed by atoms with E-state index in [9.17, 15) is 8.42 Å². The Morgan fingerprint density at radius 3 is 2.43 bits per heavy atom. The Kier molecular flexibility index (Phi) is 4.31. The Morgan fingerprint density at radius 2 is 1.93 bits per heavy atom. The molecule has 0 atom stereocenters. The summed E-state index contributed by atoms with van der Waals surface area (Å²) >= 11 is 0. The van der Waals surface area contributed by atoms with Gasteiger partial charge >= 0.3 is 10.2 Å². The molecule has 1 heterocycles. The van der Waals surface area contributed by atoms with E-state index in [1.165, 1.54) is 4.31 Å². The summed E-state index contributed by atoms with van der Waals surface area (Å²) in [6, 6.07) is 0. The minimum atomic E-state index is -3.39. The van der Waals surface area contributed by atoms with Gasteiger partial charge in [-0.3, -0.25) is 4.84 Å². The van der Waals surface area contributed by atoms with Crippen molar-refractivity contribution in [2.75, 3.05) is 19.7 Å². The summed E-state index contributed by atoms with van der Waals surface area (Å²) in [4.78, 5) is 7.02. The maximum atomic E-state index is 11.5. The van der Waals surface area contributed by atoms with Crippen LogP contribution in [0.25, 0.3) is 0 Å². The molecule has 1 aliphatic heterocycles. The number of hydrogen-bond donors (Lipinski definition) is 1. The Bertz CT molecular complexity index is 258. The minimum absolute atomic E-state index is 0.316. The van der Waals surface area contributed by atoms with Crippen LogP contribution in [-0.2, 0) is 15.0 Å². The number of nitrogens with zero attached hydrogens (tertiary/aromatic N) is 1. The van der Waals surface area contributed by atoms with Crippen molar-refractivity contribution in [3.05, 3.63) is 0 Å². The van der Waals surface area contributed by atoms with Crippen LogP contribution in [-0.4, -0.2) is 32.4 Å². The predicted molar refractivity (Wildman–Crippen MR) is 53.7 cm³/mol. The molecule has 0 amide bonds. The lowest BCUT2D eigenvalue weighted by Crippen LogP contribution is -2.39. The van der Waals surface area contributed by atoms with Crippen molar-refractivity contribution in [2.45, 2.75) is 26.7 Å². The molecule has 0 spiro atoms. The van der Waals surface area contributed by atoms with Crippen molar-refractivity contribution in [3.8, 4) is 0 Å². The fourth-order valence-electron chi connectivity index (χ4n) is 1.26. The van der Waals surface area contributed by atoms with E-state index in [-0.39, 0.29) is 0 Å². The molecule has 0 radical (unpaired) electrons. The zero-order valence-electron chi connectivity index (χ0n) is 8.69. The predicted octanol–water partition coefficient (Wildman–Crippen LogP) is 0.504. The highest BCUT2D eigenvalue weighted by molar-refractivity contribution is 7.87. The molecular weight excluding hydrogens is 204 g/mol. The first-order chi connectivity index (χ1) is 6.52. The van der Waals surface area contributed by atoms with Crippen molar-refractivity contribution >= 4 is 10.2 Å². The number of rotatable bonds is 5. The van der Waals surface area contributed by atoms with Crippen LogP contribution in [0.4, 0.5) is 0 Å². The summed E-state index contributed by atoms with van der Waals surface area (Å²) in [6.07, 6.45) is 1.87. The minimum Gasteiger partial charge on any atom is -0.286 e. The van der Waals surface area contributed by atoms with Crippen molar-refractivity contribution in [3.63, 3.8) is 0 Å². The van der Waals surface area contributed by atoms with Gasteiger partial charge in [0.25, 0.3) is 0 Å². The van der Waals surface area contributed by atoms with E-state index < -0.39 is 10.2 Å². The van der Waals surface area contributed by atoms with Crippen molar-refractivity contribution in [1.82, 2.24) is 9.19 Å². The monoisotopic (exact) mass is 222 g/mol. The quantitative estimate of drug-likeness (QED) is 0.689. The van der Waals surface area contributed by atoms with Crippen LogP contribution in [0.3, 0.4) is 0 Å². The van der Waals surface area contributed by atoms with Gasteiger partial charge in [0.05, 0.1) is 6.61 Å². The lowest BCUT2D eigenvalue weighted by atomic mass is 10.2. The Balaban J connectivity index is 2.34. The van der Waals surface area contributed by atoms with Gasteiger partial charge in [-0.15, -0.1) is 0 Å². The second-order valence-corrected chi connectivity index (χ2v) is 5.53. The molecule has 1 fully saturated rings. The van der Waals surface area contributed by atoms with E-state index >= 15 is 0 Å². The fraction of sp³-hybridized carbons (Fsp3) is 1.00. The molecule has 0 aromatic heterocycles. The van der Waals surface area contributed by atoms with Gasteiger partial charge in [-0.05, 0) is 18.8 Å².